The average molecular weight is 284 g/mol. The Morgan fingerprint density at radius 1 is 0.900 bits per heavy atom. The van der Waals surface area contributed by atoms with Crippen molar-refractivity contribution in [1.29, 1.82) is 0 Å². The summed E-state index contributed by atoms with van der Waals surface area (Å²) in [5.74, 6) is 0.0183. The van der Waals surface area contributed by atoms with Crippen LogP contribution in [0.2, 0.25) is 0 Å². The third kappa shape index (κ3) is 8.18. The van der Waals surface area contributed by atoms with Gasteiger partial charge in [0, 0.05) is 24.4 Å². The van der Waals surface area contributed by atoms with Gasteiger partial charge >= 0.3 is 0 Å². The number of carbonyl (C=O) groups is 2. The zero-order valence-electron chi connectivity index (χ0n) is 14.4. The summed E-state index contributed by atoms with van der Waals surface area (Å²) in [7, 11) is 0. The van der Waals surface area contributed by atoms with Crippen LogP contribution in [0.15, 0.2) is 0 Å². The molecule has 0 aliphatic heterocycles. The third-order valence-electron chi connectivity index (χ3n) is 3.47. The van der Waals surface area contributed by atoms with Crippen molar-refractivity contribution in [1.82, 2.24) is 10.6 Å². The molecular weight excluding hydrogens is 252 g/mol. The van der Waals surface area contributed by atoms with Crippen LogP contribution in [-0.4, -0.2) is 22.9 Å². The fourth-order valence-electron chi connectivity index (χ4n) is 2.65. The summed E-state index contributed by atoms with van der Waals surface area (Å²) >= 11 is 0. The number of hydrogen-bond donors (Lipinski definition) is 2. The highest BCUT2D eigenvalue weighted by atomic mass is 16.2. The molecule has 0 unspecified atom stereocenters. The highest BCUT2D eigenvalue weighted by molar-refractivity contribution is 5.77. The molecule has 0 heterocycles. The van der Waals surface area contributed by atoms with Crippen molar-refractivity contribution in [2.75, 3.05) is 0 Å². The second-order valence-electron chi connectivity index (χ2n) is 7.87. The summed E-state index contributed by atoms with van der Waals surface area (Å²) in [6, 6.07) is 0. The summed E-state index contributed by atoms with van der Waals surface area (Å²) in [6.07, 6.45) is 2.17. The zero-order chi connectivity index (χ0) is 16.2. The van der Waals surface area contributed by atoms with E-state index in [1.165, 1.54) is 6.92 Å². The summed E-state index contributed by atoms with van der Waals surface area (Å²) in [5, 5.41) is 6.00. The van der Waals surface area contributed by atoms with Gasteiger partial charge in [0.25, 0.3) is 0 Å². The van der Waals surface area contributed by atoms with Gasteiger partial charge in [0.15, 0.2) is 0 Å². The molecule has 2 amide bonds. The molecule has 0 fully saturated rings. The second-order valence-corrected chi connectivity index (χ2v) is 7.87. The molecule has 0 radical (unpaired) electrons. The van der Waals surface area contributed by atoms with Gasteiger partial charge in [0.2, 0.25) is 11.8 Å². The number of carbonyl (C=O) groups excluding carboxylic acids is 2. The van der Waals surface area contributed by atoms with Gasteiger partial charge in [-0.15, -0.1) is 0 Å². The Hall–Kier alpha value is -1.06. The first-order valence-corrected chi connectivity index (χ1v) is 7.38. The Morgan fingerprint density at radius 2 is 1.35 bits per heavy atom. The van der Waals surface area contributed by atoms with Gasteiger partial charge in [-0.3, -0.25) is 9.59 Å². The first-order valence-electron chi connectivity index (χ1n) is 7.38. The van der Waals surface area contributed by atoms with E-state index in [-0.39, 0.29) is 28.3 Å². The third-order valence-corrected chi connectivity index (χ3v) is 3.47. The molecule has 0 rings (SSSR count). The van der Waals surface area contributed by atoms with Crippen LogP contribution in [0.25, 0.3) is 0 Å². The average Bonchev–Trinajstić information content (AvgIpc) is 2.10. The Labute approximate surface area is 124 Å². The molecule has 20 heavy (non-hydrogen) atoms. The quantitative estimate of drug-likeness (QED) is 0.755. The molecule has 0 saturated heterocycles. The Kier molecular flexibility index (Phi) is 6.25. The number of hydrogen-bond acceptors (Lipinski definition) is 2. The lowest BCUT2D eigenvalue weighted by molar-refractivity contribution is -0.124. The van der Waals surface area contributed by atoms with Crippen LogP contribution in [0.5, 0.6) is 0 Å². The maximum Gasteiger partial charge on any atom is 0.220 e. The van der Waals surface area contributed by atoms with Crippen molar-refractivity contribution < 1.29 is 9.59 Å². The molecule has 2 N–H and O–H groups in total. The first kappa shape index (κ1) is 18.9. The summed E-state index contributed by atoms with van der Waals surface area (Å²) < 4.78 is 0. The van der Waals surface area contributed by atoms with Crippen molar-refractivity contribution in [3.8, 4) is 0 Å². The predicted octanol–water partition coefficient (Wildman–Crippen LogP) is 3.01. The van der Waals surface area contributed by atoms with E-state index in [0.29, 0.717) is 12.8 Å². The summed E-state index contributed by atoms with van der Waals surface area (Å²) in [5.41, 5.74) is -0.678. The molecule has 0 aliphatic carbocycles. The number of amides is 2. The van der Waals surface area contributed by atoms with Gasteiger partial charge in [-0.1, -0.05) is 27.2 Å². The smallest absolute Gasteiger partial charge is 0.220 e. The topological polar surface area (TPSA) is 58.2 Å². The maximum absolute atomic E-state index is 12.1. The van der Waals surface area contributed by atoms with Crippen molar-refractivity contribution in [2.45, 2.75) is 85.7 Å². The molecule has 0 saturated carbocycles. The normalized spacial score (nSPS) is 13.0. The SMILES string of the molecule is CCC(C)(C)CC(=O)NC(C)(C)CC(C)(C)NC(C)=O. The fraction of sp³-hybridized carbons (Fsp3) is 0.875. The number of rotatable bonds is 7. The van der Waals surface area contributed by atoms with E-state index in [0.717, 1.165) is 6.42 Å². The number of nitrogens with one attached hydrogen (secondary N) is 2. The van der Waals surface area contributed by atoms with Crippen molar-refractivity contribution in [3.63, 3.8) is 0 Å². The van der Waals surface area contributed by atoms with Crippen LogP contribution in [-0.2, 0) is 9.59 Å². The fourth-order valence-corrected chi connectivity index (χ4v) is 2.65. The predicted molar refractivity (Wildman–Crippen MR) is 83.4 cm³/mol. The van der Waals surface area contributed by atoms with Crippen molar-refractivity contribution in [2.24, 2.45) is 5.41 Å². The minimum Gasteiger partial charge on any atom is -0.351 e. The standard InChI is InChI=1S/C16H32N2O2/c1-9-14(3,4)10-13(20)18-16(7,8)11-15(5,6)17-12(2)19/h9-11H2,1-8H3,(H,17,19)(H,18,20). The Morgan fingerprint density at radius 3 is 1.75 bits per heavy atom. The molecule has 118 valence electrons. The molecule has 0 atom stereocenters. The first-order chi connectivity index (χ1) is 8.79. The van der Waals surface area contributed by atoms with Crippen LogP contribution in [0.3, 0.4) is 0 Å². The molecule has 0 aromatic heterocycles. The molecule has 0 aromatic rings. The van der Waals surface area contributed by atoms with E-state index in [4.69, 9.17) is 0 Å². The van der Waals surface area contributed by atoms with Crippen LogP contribution < -0.4 is 10.6 Å². The monoisotopic (exact) mass is 284 g/mol. The molecule has 0 aromatic carbocycles. The van der Waals surface area contributed by atoms with E-state index in [1.54, 1.807) is 0 Å². The van der Waals surface area contributed by atoms with E-state index < -0.39 is 0 Å². The van der Waals surface area contributed by atoms with E-state index in [9.17, 15) is 9.59 Å². The summed E-state index contributed by atoms with van der Waals surface area (Å²) in [4.78, 5) is 23.3. The lowest BCUT2D eigenvalue weighted by Gasteiger charge is -2.36. The molecular formula is C16H32N2O2. The molecule has 0 spiro atoms. The zero-order valence-corrected chi connectivity index (χ0v) is 14.4. The molecule has 0 bridgehead atoms. The van der Waals surface area contributed by atoms with Gasteiger partial charge in [-0.2, -0.15) is 0 Å². The minimum absolute atomic E-state index is 0.0211. The molecule has 4 heteroatoms. The van der Waals surface area contributed by atoms with Crippen molar-refractivity contribution in [3.05, 3.63) is 0 Å². The maximum atomic E-state index is 12.1. The van der Waals surface area contributed by atoms with Gasteiger partial charge in [-0.25, -0.2) is 0 Å². The van der Waals surface area contributed by atoms with Gasteiger partial charge < -0.3 is 10.6 Å². The van der Waals surface area contributed by atoms with E-state index in [2.05, 4.69) is 31.4 Å². The van der Waals surface area contributed by atoms with Crippen LogP contribution in [0, 0.1) is 5.41 Å². The van der Waals surface area contributed by atoms with E-state index >= 15 is 0 Å². The highest BCUT2D eigenvalue weighted by Gasteiger charge is 2.31. The molecule has 0 aliphatic rings. The van der Waals surface area contributed by atoms with Crippen molar-refractivity contribution >= 4 is 11.8 Å². The van der Waals surface area contributed by atoms with Gasteiger partial charge in [0.1, 0.15) is 0 Å². The van der Waals surface area contributed by atoms with Gasteiger partial charge in [0.05, 0.1) is 0 Å². The van der Waals surface area contributed by atoms with Gasteiger partial charge in [-0.05, 0) is 39.5 Å². The summed E-state index contributed by atoms with van der Waals surface area (Å²) in [6.45, 7) is 15.7. The second kappa shape index (κ2) is 6.59. The van der Waals surface area contributed by atoms with Crippen LogP contribution in [0.4, 0.5) is 0 Å². The lowest BCUT2D eigenvalue weighted by atomic mass is 9.84. The largest absolute Gasteiger partial charge is 0.351 e. The lowest BCUT2D eigenvalue weighted by Crippen LogP contribution is -2.53. The molecule has 4 nitrogen and oxygen atoms in total. The highest BCUT2D eigenvalue weighted by Crippen LogP contribution is 2.26. The van der Waals surface area contributed by atoms with Crippen LogP contribution in [0.1, 0.15) is 74.7 Å². The van der Waals surface area contributed by atoms with Crippen LogP contribution >= 0.6 is 0 Å². The van der Waals surface area contributed by atoms with E-state index in [1.807, 2.05) is 27.7 Å². The Bertz CT molecular complexity index is 357. The Balaban J connectivity index is 4.59. The minimum atomic E-state index is -0.354.